The maximum absolute atomic E-state index is 12.3. The van der Waals surface area contributed by atoms with Crippen LogP contribution >= 0.6 is 11.6 Å². The number of rotatable bonds is 4. The highest BCUT2D eigenvalue weighted by Crippen LogP contribution is 2.38. The van der Waals surface area contributed by atoms with Crippen LogP contribution in [0.5, 0.6) is 11.5 Å². The zero-order valence-corrected chi connectivity index (χ0v) is 13.2. The Bertz CT molecular complexity index is 565. The summed E-state index contributed by atoms with van der Waals surface area (Å²) in [5.74, 6) is 1.66. The molecule has 5 nitrogen and oxygen atoms in total. The summed E-state index contributed by atoms with van der Waals surface area (Å²) in [5.41, 5.74) is 6.64. The summed E-state index contributed by atoms with van der Waals surface area (Å²) in [6.45, 7) is 2.03. The molecule has 0 spiro atoms. The van der Waals surface area contributed by atoms with Gasteiger partial charge in [0.2, 0.25) is 5.91 Å². The van der Waals surface area contributed by atoms with Gasteiger partial charge in [-0.25, -0.2) is 0 Å². The minimum absolute atomic E-state index is 0.0395. The lowest BCUT2D eigenvalue weighted by molar-refractivity contribution is -0.126. The smallest absolute Gasteiger partial charge is 0.223 e. The third-order valence-electron chi connectivity index (χ3n) is 4.42. The zero-order valence-electron chi connectivity index (χ0n) is 12.4. The first-order chi connectivity index (χ1) is 10.7. The summed E-state index contributed by atoms with van der Waals surface area (Å²) in [4.78, 5) is 12.3. The van der Waals surface area contributed by atoms with Crippen molar-refractivity contribution in [2.45, 2.75) is 25.8 Å². The van der Waals surface area contributed by atoms with E-state index in [9.17, 15) is 4.79 Å². The average molecular weight is 325 g/mol. The number of hydrogen-bond acceptors (Lipinski definition) is 4. The lowest BCUT2D eigenvalue weighted by atomic mass is 9.95. The number of ether oxygens (including phenoxy) is 2. The fourth-order valence-corrected chi connectivity index (χ4v) is 3.54. The molecule has 1 saturated carbocycles. The molecule has 1 aromatic carbocycles. The third-order valence-corrected chi connectivity index (χ3v) is 4.70. The minimum Gasteiger partial charge on any atom is -0.486 e. The predicted molar refractivity (Wildman–Crippen MR) is 84.2 cm³/mol. The molecule has 1 amide bonds. The predicted octanol–water partition coefficient (Wildman–Crippen LogP) is 2.10. The van der Waals surface area contributed by atoms with Crippen LogP contribution in [-0.2, 0) is 11.3 Å². The molecule has 2 atom stereocenters. The molecule has 0 aromatic heterocycles. The molecule has 1 aromatic rings. The molecule has 120 valence electrons. The summed E-state index contributed by atoms with van der Waals surface area (Å²) < 4.78 is 11.0. The van der Waals surface area contributed by atoms with E-state index in [4.69, 9.17) is 26.8 Å². The van der Waals surface area contributed by atoms with Gasteiger partial charge in [0, 0.05) is 12.5 Å². The number of halogens is 1. The lowest BCUT2D eigenvalue weighted by Crippen LogP contribution is -2.34. The van der Waals surface area contributed by atoms with Crippen LogP contribution < -0.4 is 20.5 Å². The fourth-order valence-electron chi connectivity index (χ4n) is 3.25. The number of nitrogens with one attached hydrogen (secondary N) is 1. The number of amides is 1. The normalized spacial score (nSPS) is 23.4. The second-order valence-corrected chi connectivity index (χ2v) is 6.26. The number of hydrogen-bond donors (Lipinski definition) is 2. The molecule has 0 saturated heterocycles. The molecule has 2 aliphatic rings. The van der Waals surface area contributed by atoms with Crippen LogP contribution in [0.1, 0.15) is 24.8 Å². The Morgan fingerprint density at radius 1 is 1.32 bits per heavy atom. The SMILES string of the molecule is NC[C@H]1CCC[C@H]1C(=O)NCc1cc(Cl)c2c(c1)OCCO2. The minimum atomic E-state index is 0.0395. The molecule has 1 aliphatic heterocycles. The van der Waals surface area contributed by atoms with Gasteiger partial charge >= 0.3 is 0 Å². The maximum Gasteiger partial charge on any atom is 0.223 e. The van der Waals surface area contributed by atoms with Crippen molar-refractivity contribution < 1.29 is 14.3 Å². The third kappa shape index (κ3) is 3.15. The first-order valence-electron chi connectivity index (χ1n) is 7.75. The van der Waals surface area contributed by atoms with Crippen LogP contribution in [0.15, 0.2) is 12.1 Å². The quantitative estimate of drug-likeness (QED) is 0.889. The summed E-state index contributed by atoms with van der Waals surface area (Å²) >= 11 is 6.20. The van der Waals surface area contributed by atoms with Crippen LogP contribution in [0.25, 0.3) is 0 Å². The van der Waals surface area contributed by atoms with Crippen molar-refractivity contribution in [2.75, 3.05) is 19.8 Å². The number of fused-ring (bicyclic) bond motifs is 1. The Hall–Kier alpha value is -1.46. The molecule has 0 radical (unpaired) electrons. The summed E-state index contributed by atoms with van der Waals surface area (Å²) in [6.07, 6.45) is 3.05. The Labute approximate surface area is 135 Å². The molecule has 1 aliphatic carbocycles. The average Bonchev–Trinajstić information content (AvgIpc) is 3.01. The Kier molecular flexibility index (Phi) is 4.74. The molecular formula is C16H21ClN2O3. The first-order valence-corrected chi connectivity index (χ1v) is 8.12. The molecule has 0 unspecified atom stereocenters. The molecular weight excluding hydrogens is 304 g/mol. The van der Waals surface area contributed by atoms with E-state index in [1.165, 1.54) is 0 Å². The van der Waals surface area contributed by atoms with E-state index in [1.54, 1.807) is 0 Å². The standard InChI is InChI=1S/C16H21ClN2O3/c17-13-6-10(7-14-15(13)22-5-4-21-14)9-19-16(20)12-3-1-2-11(12)8-18/h6-7,11-12H,1-5,8-9,18H2,(H,19,20)/t11-,12-/m1/s1. The molecule has 22 heavy (non-hydrogen) atoms. The Balaban J connectivity index is 1.64. The van der Waals surface area contributed by atoms with Crippen molar-refractivity contribution >= 4 is 17.5 Å². The maximum atomic E-state index is 12.3. The summed E-state index contributed by atoms with van der Waals surface area (Å²) in [6, 6.07) is 3.68. The monoisotopic (exact) mass is 324 g/mol. The van der Waals surface area contributed by atoms with E-state index < -0.39 is 0 Å². The highest BCUT2D eigenvalue weighted by Gasteiger charge is 2.31. The molecule has 1 heterocycles. The van der Waals surface area contributed by atoms with Gasteiger partial charge < -0.3 is 20.5 Å². The molecule has 0 bridgehead atoms. The molecule has 3 rings (SSSR count). The van der Waals surface area contributed by atoms with Crippen LogP contribution in [0.4, 0.5) is 0 Å². The van der Waals surface area contributed by atoms with E-state index in [0.29, 0.717) is 48.7 Å². The summed E-state index contributed by atoms with van der Waals surface area (Å²) in [5, 5.41) is 3.51. The van der Waals surface area contributed by atoms with Crippen molar-refractivity contribution in [3.8, 4) is 11.5 Å². The molecule has 3 N–H and O–H groups in total. The Morgan fingerprint density at radius 3 is 2.95 bits per heavy atom. The van der Waals surface area contributed by atoms with E-state index in [-0.39, 0.29) is 11.8 Å². The number of nitrogens with two attached hydrogens (primary N) is 1. The van der Waals surface area contributed by atoms with Gasteiger partial charge in [-0.2, -0.15) is 0 Å². The summed E-state index contributed by atoms with van der Waals surface area (Å²) in [7, 11) is 0. The van der Waals surface area contributed by atoms with Crippen LogP contribution in [0.3, 0.4) is 0 Å². The van der Waals surface area contributed by atoms with Crippen molar-refractivity contribution in [3.05, 3.63) is 22.7 Å². The van der Waals surface area contributed by atoms with Crippen molar-refractivity contribution in [2.24, 2.45) is 17.6 Å². The van der Waals surface area contributed by atoms with Crippen molar-refractivity contribution in [1.82, 2.24) is 5.32 Å². The van der Waals surface area contributed by atoms with E-state index in [0.717, 1.165) is 24.8 Å². The van der Waals surface area contributed by atoms with Gasteiger partial charge in [-0.15, -0.1) is 0 Å². The van der Waals surface area contributed by atoms with Crippen molar-refractivity contribution in [1.29, 1.82) is 0 Å². The topological polar surface area (TPSA) is 73.6 Å². The molecule has 6 heteroatoms. The fraction of sp³-hybridized carbons (Fsp3) is 0.562. The van der Waals surface area contributed by atoms with E-state index in [1.807, 2.05) is 12.1 Å². The van der Waals surface area contributed by atoms with Gasteiger partial charge in [0.1, 0.15) is 13.2 Å². The first kappa shape index (κ1) is 15.4. The van der Waals surface area contributed by atoms with Gasteiger partial charge in [0.15, 0.2) is 11.5 Å². The lowest BCUT2D eigenvalue weighted by Gasteiger charge is -2.21. The van der Waals surface area contributed by atoms with Gasteiger partial charge in [-0.05, 0) is 43.0 Å². The van der Waals surface area contributed by atoms with Crippen LogP contribution in [0.2, 0.25) is 5.02 Å². The molecule has 1 fully saturated rings. The van der Waals surface area contributed by atoms with Gasteiger partial charge in [-0.3, -0.25) is 4.79 Å². The van der Waals surface area contributed by atoms with E-state index >= 15 is 0 Å². The van der Waals surface area contributed by atoms with Gasteiger partial charge in [-0.1, -0.05) is 18.0 Å². The van der Waals surface area contributed by atoms with Gasteiger partial charge in [0.05, 0.1) is 5.02 Å². The van der Waals surface area contributed by atoms with Crippen molar-refractivity contribution in [3.63, 3.8) is 0 Å². The Morgan fingerprint density at radius 2 is 2.14 bits per heavy atom. The van der Waals surface area contributed by atoms with Crippen LogP contribution in [-0.4, -0.2) is 25.7 Å². The highest BCUT2D eigenvalue weighted by molar-refractivity contribution is 6.32. The largest absolute Gasteiger partial charge is 0.486 e. The van der Waals surface area contributed by atoms with E-state index in [2.05, 4.69) is 5.32 Å². The van der Waals surface area contributed by atoms with Gasteiger partial charge in [0.25, 0.3) is 0 Å². The second-order valence-electron chi connectivity index (χ2n) is 5.85. The number of carbonyl (C=O) groups is 1. The highest BCUT2D eigenvalue weighted by atomic mass is 35.5. The van der Waals surface area contributed by atoms with Crippen LogP contribution in [0, 0.1) is 11.8 Å². The number of benzene rings is 1. The zero-order chi connectivity index (χ0) is 15.5. The number of carbonyl (C=O) groups excluding carboxylic acids is 1. The second kappa shape index (κ2) is 6.75.